The molecule has 0 aliphatic heterocycles. The first-order valence-corrected chi connectivity index (χ1v) is 8.71. The van der Waals surface area contributed by atoms with Crippen molar-refractivity contribution in [1.29, 1.82) is 0 Å². The van der Waals surface area contributed by atoms with Crippen molar-refractivity contribution in [3.8, 4) is 0 Å². The van der Waals surface area contributed by atoms with E-state index < -0.39 is 12.1 Å². The van der Waals surface area contributed by atoms with E-state index in [1.165, 1.54) is 0 Å². The van der Waals surface area contributed by atoms with Gasteiger partial charge in [-0.25, -0.2) is 4.79 Å². The molecule has 0 heterocycles. The second kappa shape index (κ2) is 9.31. The summed E-state index contributed by atoms with van der Waals surface area (Å²) < 4.78 is 4.81. The molecule has 0 aliphatic rings. The number of carbonyl (C=O) groups excluding carboxylic acids is 2. The van der Waals surface area contributed by atoms with Crippen molar-refractivity contribution in [3.63, 3.8) is 0 Å². The van der Waals surface area contributed by atoms with E-state index in [0.29, 0.717) is 28.0 Å². The Morgan fingerprint density at radius 3 is 2.35 bits per heavy atom. The fourth-order valence-electron chi connectivity index (χ4n) is 2.08. The summed E-state index contributed by atoms with van der Waals surface area (Å²) in [6, 6.07) is 11.2. The van der Waals surface area contributed by atoms with E-state index in [0.717, 1.165) is 5.69 Å². The number of benzene rings is 2. The molecule has 2 amide bonds. The van der Waals surface area contributed by atoms with Crippen molar-refractivity contribution in [3.05, 3.63) is 52.5 Å². The van der Waals surface area contributed by atoms with Crippen LogP contribution in [0.2, 0.25) is 10.0 Å². The summed E-state index contributed by atoms with van der Waals surface area (Å²) in [5, 5.41) is 9.28. The summed E-state index contributed by atoms with van der Waals surface area (Å²) in [5.41, 5.74) is 1.77. The van der Waals surface area contributed by atoms with Crippen LogP contribution in [0.4, 0.5) is 21.9 Å². The Balaban J connectivity index is 1.94. The molecule has 8 heteroatoms. The minimum atomic E-state index is -0.520. The minimum Gasteiger partial charge on any atom is -0.450 e. The average Bonchev–Trinajstić information content (AvgIpc) is 2.60. The Hall–Kier alpha value is -2.44. The number of halogens is 2. The highest BCUT2D eigenvalue weighted by Gasteiger charge is 2.14. The lowest BCUT2D eigenvalue weighted by atomic mass is 10.2. The first-order chi connectivity index (χ1) is 12.4. The Kier molecular flexibility index (Phi) is 7.12. The maximum atomic E-state index is 12.3. The molecule has 2 aromatic rings. The summed E-state index contributed by atoms with van der Waals surface area (Å²) in [7, 11) is 0. The Morgan fingerprint density at radius 1 is 1.04 bits per heavy atom. The maximum Gasteiger partial charge on any atom is 0.411 e. The van der Waals surface area contributed by atoms with Gasteiger partial charge in [-0.2, -0.15) is 0 Å². The van der Waals surface area contributed by atoms with Gasteiger partial charge in [-0.05, 0) is 56.3 Å². The molecule has 0 bridgehead atoms. The lowest BCUT2D eigenvalue weighted by molar-refractivity contribution is -0.116. The predicted molar refractivity (Wildman–Crippen MR) is 105 cm³/mol. The third-order valence-corrected chi connectivity index (χ3v) is 3.93. The Morgan fingerprint density at radius 2 is 1.69 bits per heavy atom. The second-order valence-corrected chi connectivity index (χ2v) is 6.25. The molecule has 2 rings (SSSR count). The van der Waals surface area contributed by atoms with E-state index in [4.69, 9.17) is 27.9 Å². The van der Waals surface area contributed by atoms with Crippen LogP contribution in [0.1, 0.15) is 13.8 Å². The molecule has 0 aliphatic carbocycles. The van der Waals surface area contributed by atoms with E-state index in [-0.39, 0.29) is 5.91 Å². The summed E-state index contributed by atoms with van der Waals surface area (Å²) in [5.74, 6) is -0.261. The predicted octanol–water partition coefficient (Wildman–Crippen LogP) is 5.00. The number of hydrogen-bond acceptors (Lipinski definition) is 4. The van der Waals surface area contributed by atoms with Gasteiger partial charge < -0.3 is 15.4 Å². The molecule has 1 atom stereocenters. The second-order valence-electron chi connectivity index (χ2n) is 5.40. The molecule has 0 radical (unpaired) electrons. The van der Waals surface area contributed by atoms with Gasteiger partial charge in [0.2, 0.25) is 5.91 Å². The van der Waals surface area contributed by atoms with Crippen LogP contribution in [0.15, 0.2) is 42.5 Å². The Labute approximate surface area is 161 Å². The van der Waals surface area contributed by atoms with E-state index in [9.17, 15) is 9.59 Å². The average molecular weight is 396 g/mol. The van der Waals surface area contributed by atoms with E-state index >= 15 is 0 Å². The first-order valence-electron chi connectivity index (χ1n) is 7.95. The zero-order chi connectivity index (χ0) is 19.1. The van der Waals surface area contributed by atoms with Crippen LogP contribution in [-0.4, -0.2) is 24.6 Å². The fourth-order valence-corrected chi connectivity index (χ4v) is 2.42. The highest BCUT2D eigenvalue weighted by atomic mass is 35.5. The van der Waals surface area contributed by atoms with Crippen molar-refractivity contribution >= 4 is 52.3 Å². The van der Waals surface area contributed by atoms with Gasteiger partial charge in [-0.1, -0.05) is 23.2 Å². The number of ether oxygens (including phenoxy) is 1. The lowest BCUT2D eigenvalue weighted by Crippen LogP contribution is -2.31. The van der Waals surface area contributed by atoms with Crippen molar-refractivity contribution < 1.29 is 14.3 Å². The minimum absolute atomic E-state index is 0.261. The molecular formula is C18H19Cl2N3O3. The number of anilines is 3. The molecule has 2 aromatic carbocycles. The molecule has 3 N–H and O–H groups in total. The number of hydrogen-bond donors (Lipinski definition) is 3. The van der Waals surface area contributed by atoms with Crippen LogP contribution in [0, 0.1) is 0 Å². The molecule has 0 fully saturated rings. The van der Waals surface area contributed by atoms with Gasteiger partial charge in [0.15, 0.2) is 0 Å². The quantitative estimate of drug-likeness (QED) is 0.642. The molecule has 26 heavy (non-hydrogen) atoms. The smallest absolute Gasteiger partial charge is 0.411 e. The van der Waals surface area contributed by atoms with Gasteiger partial charge >= 0.3 is 6.09 Å². The first kappa shape index (κ1) is 19.9. The number of nitrogens with one attached hydrogen (secondary N) is 3. The third-order valence-electron chi connectivity index (χ3n) is 3.37. The maximum absolute atomic E-state index is 12.3. The zero-order valence-corrected chi connectivity index (χ0v) is 15.8. The highest BCUT2D eigenvalue weighted by Crippen LogP contribution is 2.25. The van der Waals surface area contributed by atoms with Crippen LogP contribution in [0.5, 0.6) is 0 Å². The monoisotopic (exact) mass is 395 g/mol. The van der Waals surface area contributed by atoms with Crippen LogP contribution in [-0.2, 0) is 9.53 Å². The van der Waals surface area contributed by atoms with Crippen LogP contribution >= 0.6 is 23.2 Å². The summed E-state index contributed by atoms with van der Waals surface area (Å²) >= 11 is 12.0. The number of amides is 2. The molecular weight excluding hydrogens is 377 g/mol. The van der Waals surface area contributed by atoms with Gasteiger partial charge in [-0.15, -0.1) is 0 Å². The normalized spacial score (nSPS) is 11.4. The Bertz CT molecular complexity index is 782. The van der Waals surface area contributed by atoms with E-state index in [2.05, 4.69) is 16.0 Å². The van der Waals surface area contributed by atoms with Gasteiger partial charge in [0, 0.05) is 16.4 Å². The molecule has 0 aromatic heterocycles. The van der Waals surface area contributed by atoms with Crippen LogP contribution in [0.3, 0.4) is 0 Å². The zero-order valence-electron chi connectivity index (χ0n) is 14.3. The van der Waals surface area contributed by atoms with E-state index in [1.54, 1.807) is 56.3 Å². The van der Waals surface area contributed by atoms with Crippen molar-refractivity contribution in [2.75, 3.05) is 22.6 Å². The van der Waals surface area contributed by atoms with Gasteiger partial charge in [0.25, 0.3) is 0 Å². The van der Waals surface area contributed by atoms with Crippen LogP contribution < -0.4 is 16.0 Å². The summed E-state index contributed by atoms with van der Waals surface area (Å²) in [4.78, 5) is 23.7. The molecule has 0 saturated heterocycles. The third kappa shape index (κ3) is 5.82. The fraction of sp³-hybridized carbons (Fsp3) is 0.222. The summed E-state index contributed by atoms with van der Waals surface area (Å²) in [6.45, 7) is 3.75. The molecule has 138 valence electrons. The highest BCUT2D eigenvalue weighted by molar-refractivity contribution is 6.35. The van der Waals surface area contributed by atoms with Gasteiger partial charge in [-0.3, -0.25) is 10.1 Å². The molecule has 0 saturated carbocycles. The van der Waals surface area contributed by atoms with Crippen molar-refractivity contribution in [1.82, 2.24) is 0 Å². The molecule has 0 spiro atoms. The lowest BCUT2D eigenvalue weighted by Gasteiger charge is -2.16. The standard InChI is InChI=1S/C18H19Cl2N3O3/c1-3-26-18(25)22-14-7-5-13(6-8-14)21-11(2)17(24)23-16-10-12(19)4-9-15(16)20/h4-11,21H,3H2,1-2H3,(H,22,25)(H,23,24). The van der Waals surface area contributed by atoms with Gasteiger partial charge in [0.1, 0.15) is 6.04 Å². The van der Waals surface area contributed by atoms with E-state index in [1.807, 2.05) is 0 Å². The topological polar surface area (TPSA) is 79.5 Å². The SMILES string of the molecule is CCOC(=O)Nc1ccc(NC(C)C(=O)Nc2cc(Cl)ccc2Cl)cc1. The summed E-state index contributed by atoms with van der Waals surface area (Å²) in [6.07, 6.45) is -0.514. The largest absolute Gasteiger partial charge is 0.450 e. The van der Waals surface area contributed by atoms with Crippen molar-refractivity contribution in [2.45, 2.75) is 19.9 Å². The molecule has 1 unspecified atom stereocenters. The number of rotatable bonds is 6. The van der Waals surface area contributed by atoms with Gasteiger partial charge in [0.05, 0.1) is 17.3 Å². The van der Waals surface area contributed by atoms with Crippen LogP contribution in [0.25, 0.3) is 0 Å². The van der Waals surface area contributed by atoms with Crippen molar-refractivity contribution in [2.24, 2.45) is 0 Å². The number of carbonyl (C=O) groups is 2. The molecule has 6 nitrogen and oxygen atoms in total.